The molecule has 0 radical (unpaired) electrons. The average molecular weight is 265 g/mol. The van der Waals surface area contributed by atoms with Gasteiger partial charge in [0.2, 0.25) is 5.91 Å². The summed E-state index contributed by atoms with van der Waals surface area (Å²) < 4.78 is 0. The molecule has 1 heterocycles. The molecular formula is C12H15N3O2S. The molecule has 0 fully saturated rings. The van der Waals surface area contributed by atoms with Crippen molar-refractivity contribution in [2.24, 2.45) is 5.73 Å². The van der Waals surface area contributed by atoms with Crippen molar-refractivity contribution in [2.75, 3.05) is 24.2 Å². The number of hydrogen-bond donors (Lipinski definition) is 3. The molecule has 1 aromatic rings. The summed E-state index contributed by atoms with van der Waals surface area (Å²) in [7, 11) is 0. The van der Waals surface area contributed by atoms with E-state index in [4.69, 9.17) is 5.73 Å². The van der Waals surface area contributed by atoms with Crippen molar-refractivity contribution in [3.63, 3.8) is 0 Å². The molecule has 18 heavy (non-hydrogen) atoms. The largest absolute Gasteiger partial charge is 0.351 e. The summed E-state index contributed by atoms with van der Waals surface area (Å²) in [5.74, 6) is 0.574. The quantitative estimate of drug-likeness (QED) is 0.755. The highest BCUT2D eigenvalue weighted by Gasteiger charge is 2.15. The van der Waals surface area contributed by atoms with Crippen LogP contribution in [-0.2, 0) is 4.79 Å². The fraction of sp³-hybridized carbons (Fsp3) is 0.333. The molecule has 0 spiro atoms. The number of thioether (sulfide) groups is 1. The maximum atomic E-state index is 11.8. The van der Waals surface area contributed by atoms with Crippen LogP contribution < -0.4 is 16.4 Å². The molecule has 0 aliphatic carbocycles. The molecule has 2 rings (SSSR count). The first kappa shape index (κ1) is 12.9. The average Bonchev–Trinajstić information content (AvgIpc) is 2.55. The first-order valence-corrected chi connectivity index (χ1v) is 6.74. The van der Waals surface area contributed by atoms with E-state index in [0.717, 1.165) is 10.6 Å². The fourth-order valence-corrected chi connectivity index (χ4v) is 2.59. The van der Waals surface area contributed by atoms with E-state index in [-0.39, 0.29) is 11.8 Å². The molecule has 1 aliphatic rings. The van der Waals surface area contributed by atoms with Gasteiger partial charge in [0.05, 0.1) is 5.69 Å². The molecule has 1 aromatic carbocycles. The molecule has 1 aliphatic heterocycles. The minimum absolute atomic E-state index is 0.0132. The molecule has 0 aromatic heterocycles. The van der Waals surface area contributed by atoms with Crippen LogP contribution >= 0.6 is 11.8 Å². The van der Waals surface area contributed by atoms with Gasteiger partial charge in [0.25, 0.3) is 5.91 Å². The van der Waals surface area contributed by atoms with E-state index in [2.05, 4.69) is 10.6 Å². The second kappa shape index (κ2) is 5.88. The summed E-state index contributed by atoms with van der Waals surface area (Å²) in [6, 6.07) is 5.33. The number of anilines is 1. The van der Waals surface area contributed by atoms with E-state index in [1.165, 1.54) is 0 Å². The van der Waals surface area contributed by atoms with Gasteiger partial charge >= 0.3 is 0 Å². The second-order valence-electron chi connectivity index (χ2n) is 3.90. The Balaban J connectivity index is 2.20. The normalized spacial score (nSPS) is 14.4. The Bertz CT molecular complexity index is 476. The number of nitrogens with two attached hydrogens (primary N) is 1. The monoisotopic (exact) mass is 265 g/mol. The van der Waals surface area contributed by atoms with E-state index in [1.807, 2.05) is 6.07 Å². The van der Waals surface area contributed by atoms with Crippen LogP contribution in [0.3, 0.4) is 0 Å². The van der Waals surface area contributed by atoms with Gasteiger partial charge in [-0.05, 0) is 18.2 Å². The van der Waals surface area contributed by atoms with Crippen LogP contribution in [0.2, 0.25) is 0 Å². The van der Waals surface area contributed by atoms with Gasteiger partial charge in [-0.25, -0.2) is 0 Å². The van der Waals surface area contributed by atoms with Gasteiger partial charge in [-0.1, -0.05) is 0 Å². The van der Waals surface area contributed by atoms with E-state index >= 15 is 0 Å². The number of carbonyl (C=O) groups is 2. The molecule has 96 valence electrons. The van der Waals surface area contributed by atoms with Gasteiger partial charge in [-0.2, -0.15) is 0 Å². The van der Waals surface area contributed by atoms with Gasteiger partial charge < -0.3 is 16.4 Å². The summed E-state index contributed by atoms with van der Waals surface area (Å²) in [6.07, 6.45) is 0.494. The van der Waals surface area contributed by atoms with E-state index in [0.29, 0.717) is 30.8 Å². The summed E-state index contributed by atoms with van der Waals surface area (Å²) >= 11 is 1.62. The minimum atomic E-state index is -0.174. The van der Waals surface area contributed by atoms with Crippen LogP contribution in [-0.4, -0.2) is 30.7 Å². The van der Waals surface area contributed by atoms with Crippen LogP contribution in [0.15, 0.2) is 23.1 Å². The van der Waals surface area contributed by atoms with Gasteiger partial charge in [-0.15, -0.1) is 11.8 Å². The first-order chi connectivity index (χ1) is 8.70. The van der Waals surface area contributed by atoms with Gasteiger partial charge in [-0.3, -0.25) is 9.59 Å². The van der Waals surface area contributed by atoms with E-state index < -0.39 is 0 Å². The summed E-state index contributed by atoms with van der Waals surface area (Å²) in [6.45, 7) is 0.848. The van der Waals surface area contributed by atoms with Crippen LogP contribution in [0.1, 0.15) is 16.8 Å². The molecule has 0 atom stereocenters. The van der Waals surface area contributed by atoms with Crippen molar-refractivity contribution in [2.45, 2.75) is 11.3 Å². The smallest absolute Gasteiger partial charge is 0.251 e. The lowest BCUT2D eigenvalue weighted by molar-refractivity contribution is -0.115. The van der Waals surface area contributed by atoms with Gasteiger partial charge in [0.15, 0.2) is 0 Å². The molecule has 6 heteroatoms. The summed E-state index contributed by atoms with van der Waals surface area (Å²) in [5, 5.41) is 5.51. The molecule has 0 bridgehead atoms. The standard InChI is InChI=1S/C12H15N3O2S/c13-4-5-14-12(17)8-1-2-10-9(7-8)15-11(16)3-6-18-10/h1-2,7H,3-6,13H2,(H,14,17)(H,15,16). The fourth-order valence-electron chi connectivity index (χ4n) is 1.65. The third kappa shape index (κ3) is 3.02. The zero-order chi connectivity index (χ0) is 13.0. The Morgan fingerprint density at radius 3 is 3.11 bits per heavy atom. The topological polar surface area (TPSA) is 84.2 Å². The number of fused-ring (bicyclic) bond motifs is 1. The van der Waals surface area contributed by atoms with Crippen molar-refractivity contribution in [1.82, 2.24) is 5.32 Å². The summed E-state index contributed by atoms with van der Waals surface area (Å²) in [5.41, 5.74) is 6.57. The molecule has 2 amide bonds. The highest BCUT2D eigenvalue weighted by molar-refractivity contribution is 7.99. The first-order valence-electron chi connectivity index (χ1n) is 5.75. The minimum Gasteiger partial charge on any atom is -0.351 e. The Morgan fingerprint density at radius 2 is 2.33 bits per heavy atom. The van der Waals surface area contributed by atoms with Gasteiger partial charge in [0, 0.05) is 35.7 Å². The van der Waals surface area contributed by atoms with Gasteiger partial charge in [0.1, 0.15) is 0 Å². The SMILES string of the molecule is NCCNC(=O)c1ccc2c(c1)NC(=O)CCS2. The third-order valence-electron chi connectivity index (χ3n) is 2.53. The van der Waals surface area contributed by atoms with E-state index in [1.54, 1.807) is 23.9 Å². The number of benzene rings is 1. The van der Waals surface area contributed by atoms with Crippen molar-refractivity contribution in [3.05, 3.63) is 23.8 Å². The Kier molecular flexibility index (Phi) is 4.22. The Morgan fingerprint density at radius 1 is 1.50 bits per heavy atom. The zero-order valence-corrected chi connectivity index (χ0v) is 10.7. The van der Waals surface area contributed by atoms with Crippen molar-refractivity contribution in [3.8, 4) is 0 Å². The predicted octanol–water partition coefficient (Wildman–Crippen LogP) is 0.809. The number of amides is 2. The lowest BCUT2D eigenvalue weighted by Gasteiger charge is -2.09. The lowest BCUT2D eigenvalue weighted by Crippen LogP contribution is -2.29. The van der Waals surface area contributed by atoms with Crippen LogP contribution in [0.5, 0.6) is 0 Å². The van der Waals surface area contributed by atoms with Crippen LogP contribution in [0, 0.1) is 0 Å². The maximum Gasteiger partial charge on any atom is 0.251 e. The molecular weight excluding hydrogens is 250 g/mol. The van der Waals surface area contributed by atoms with Crippen molar-refractivity contribution >= 4 is 29.3 Å². The number of rotatable bonds is 3. The number of hydrogen-bond acceptors (Lipinski definition) is 4. The molecule has 0 saturated heterocycles. The molecule has 5 nitrogen and oxygen atoms in total. The number of nitrogens with one attached hydrogen (secondary N) is 2. The van der Waals surface area contributed by atoms with Crippen molar-refractivity contribution < 1.29 is 9.59 Å². The lowest BCUT2D eigenvalue weighted by atomic mass is 10.2. The number of carbonyl (C=O) groups excluding carboxylic acids is 2. The van der Waals surface area contributed by atoms with Crippen LogP contribution in [0.4, 0.5) is 5.69 Å². The highest BCUT2D eigenvalue weighted by atomic mass is 32.2. The zero-order valence-electron chi connectivity index (χ0n) is 9.86. The Labute approximate surface area is 110 Å². The second-order valence-corrected chi connectivity index (χ2v) is 5.04. The summed E-state index contributed by atoms with van der Waals surface area (Å²) in [4.78, 5) is 24.2. The molecule has 4 N–H and O–H groups in total. The molecule has 0 unspecified atom stereocenters. The predicted molar refractivity (Wildman–Crippen MR) is 71.8 cm³/mol. The molecule has 0 saturated carbocycles. The maximum absolute atomic E-state index is 11.8. The van der Waals surface area contributed by atoms with Crippen LogP contribution in [0.25, 0.3) is 0 Å². The van der Waals surface area contributed by atoms with Crippen molar-refractivity contribution in [1.29, 1.82) is 0 Å². The third-order valence-corrected chi connectivity index (χ3v) is 3.61. The highest BCUT2D eigenvalue weighted by Crippen LogP contribution is 2.31. The Hall–Kier alpha value is -1.53. The van der Waals surface area contributed by atoms with E-state index in [9.17, 15) is 9.59 Å².